The van der Waals surface area contributed by atoms with E-state index in [4.69, 9.17) is 4.79 Å². The summed E-state index contributed by atoms with van der Waals surface area (Å²) in [4.78, 5) is 18.4. The molecule has 35 valence electrons. The third-order valence-corrected chi connectivity index (χ3v) is 0.144. The molecular formula is C3H3MnO2-. The third-order valence-electron chi connectivity index (χ3n) is 0.144. The van der Waals surface area contributed by atoms with Crippen molar-refractivity contribution in [2.24, 2.45) is 0 Å². The molecule has 0 spiro atoms. The first-order valence-electron chi connectivity index (χ1n) is 1.16. The molecule has 0 saturated heterocycles. The van der Waals surface area contributed by atoms with Gasteiger partial charge in [-0.15, -0.1) is 0 Å². The van der Waals surface area contributed by atoms with Gasteiger partial charge >= 0.3 is 0 Å². The van der Waals surface area contributed by atoms with Gasteiger partial charge in [0.1, 0.15) is 0 Å². The molecule has 0 aliphatic rings. The Balaban J connectivity index is 0. The predicted octanol–water partition coefficient (Wildman–Crippen LogP) is -0.317. The summed E-state index contributed by atoms with van der Waals surface area (Å²) in [5, 5.41) is 0. The Hall–Kier alpha value is -0.141. The van der Waals surface area contributed by atoms with Crippen molar-refractivity contribution in [1.29, 1.82) is 0 Å². The number of Topliss-reactive ketones (excluding diaryl/α,β-unsaturated/α-hetero) is 1. The van der Waals surface area contributed by atoms with Crippen LogP contribution in [-0.2, 0) is 26.7 Å². The van der Waals surface area contributed by atoms with Gasteiger partial charge in [-0.3, -0.25) is 0 Å². The van der Waals surface area contributed by atoms with E-state index < -0.39 is 5.78 Å². The molecule has 0 amide bonds. The van der Waals surface area contributed by atoms with E-state index in [9.17, 15) is 4.79 Å². The van der Waals surface area contributed by atoms with E-state index in [2.05, 4.69) is 0 Å². The molecule has 0 unspecified atom stereocenters. The predicted molar refractivity (Wildman–Crippen MR) is 16.4 cm³/mol. The van der Waals surface area contributed by atoms with Crippen LogP contribution in [-0.4, -0.2) is 12.1 Å². The number of carbonyl (C=O) groups excluding carboxylic acids is 2. The van der Waals surface area contributed by atoms with Crippen molar-refractivity contribution in [2.45, 2.75) is 6.92 Å². The van der Waals surface area contributed by atoms with E-state index in [1.54, 1.807) is 0 Å². The van der Waals surface area contributed by atoms with Gasteiger partial charge in [-0.05, 0) is 6.92 Å². The van der Waals surface area contributed by atoms with Gasteiger partial charge in [-0.25, -0.2) is 0 Å². The zero-order valence-corrected chi connectivity index (χ0v) is 4.37. The van der Waals surface area contributed by atoms with Crippen molar-refractivity contribution in [3.05, 3.63) is 0 Å². The van der Waals surface area contributed by atoms with Crippen molar-refractivity contribution in [3.8, 4) is 0 Å². The minimum absolute atomic E-state index is 0. The van der Waals surface area contributed by atoms with Crippen LogP contribution in [0.3, 0.4) is 0 Å². The standard InChI is InChI=1S/C3H3O2.Mn/c1-3(5)2-4;/h1H3;/q-1;. The minimum atomic E-state index is -0.551. The maximum absolute atomic E-state index is 9.39. The summed E-state index contributed by atoms with van der Waals surface area (Å²) in [6.07, 6.45) is 1.14. The molecule has 0 fully saturated rings. The molecule has 0 aliphatic carbocycles. The first kappa shape index (κ1) is 9.29. The van der Waals surface area contributed by atoms with Crippen LogP contribution in [0.1, 0.15) is 6.92 Å². The molecule has 2 nitrogen and oxygen atoms in total. The summed E-state index contributed by atoms with van der Waals surface area (Å²) in [5.74, 6) is -0.551. The topological polar surface area (TPSA) is 34.1 Å². The van der Waals surface area contributed by atoms with Gasteiger partial charge < -0.3 is 9.59 Å². The summed E-state index contributed by atoms with van der Waals surface area (Å²) < 4.78 is 0. The molecule has 0 heterocycles. The van der Waals surface area contributed by atoms with Crippen LogP contribution >= 0.6 is 0 Å². The number of ketones is 1. The minimum Gasteiger partial charge on any atom is -0.534 e. The molecule has 0 atom stereocenters. The van der Waals surface area contributed by atoms with Crippen LogP contribution in [0.4, 0.5) is 0 Å². The van der Waals surface area contributed by atoms with E-state index in [1.807, 2.05) is 0 Å². The third kappa shape index (κ3) is 9.13. The first-order valence-corrected chi connectivity index (χ1v) is 1.16. The molecule has 0 rings (SSSR count). The fourth-order valence-electron chi connectivity index (χ4n) is 0. The van der Waals surface area contributed by atoms with Crippen molar-refractivity contribution < 1.29 is 26.7 Å². The van der Waals surface area contributed by atoms with Crippen LogP contribution in [0.15, 0.2) is 0 Å². The Kier molecular flexibility index (Phi) is 7.52. The van der Waals surface area contributed by atoms with Crippen LogP contribution in [0, 0.1) is 0 Å². The SMILES string of the molecule is CC(=O)[C-]=O.[Mn]. The molecule has 1 radical (unpaired) electrons. The monoisotopic (exact) mass is 126 g/mol. The largest absolute Gasteiger partial charge is 0.534 e. The van der Waals surface area contributed by atoms with E-state index in [-0.39, 0.29) is 17.1 Å². The quantitative estimate of drug-likeness (QED) is 0.274. The molecule has 0 aromatic heterocycles. The van der Waals surface area contributed by atoms with E-state index >= 15 is 0 Å². The summed E-state index contributed by atoms with van der Waals surface area (Å²) in [6, 6.07) is 0. The number of hydrogen-bond donors (Lipinski definition) is 0. The second-order valence-corrected chi connectivity index (χ2v) is 0.658. The average Bonchev–Trinajstić information content (AvgIpc) is 1.38. The van der Waals surface area contributed by atoms with Gasteiger partial charge in [0, 0.05) is 22.9 Å². The molecular weight excluding hydrogens is 123 g/mol. The van der Waals surface area contributed by atoms with Gasteiger partial charge in [-0.1, -0.05) is 0 Å². The fourth-order valence-corrected chi connectivity index (χ4v) is 0. The Labute approximate surface area is 46.4 Å². The van der Waals surface area contributed by atoms with Gasteiger partial charge in [-0.2, -0.15) is 6.29 Å². The van der Waals surface area contributed by atoms with E-state index in [1.165, 1.54) is 0 Å². The maximum atomic E-state index is 9.39. The van der Waals surface area contributed by atoms with E-state index in [0.717, 1.165) is 13.2 Å². The summed E-state index contributed by atoms with van der Waals surface area (Å²) in [7, 11) is 0. The molecule has 0 saturated carbocycles. The van der Waals surface area contributed by atoms with Crippen LogP contribution < -0.4 is 0 Å². The summed E-state index contributed by atoms with van der Waals surface area (Å²) >= 11 is 0. The average molecular weight is 126 g/mol. The van der Waals surface area contributed by atoms with Crippen LogP contribution in [0.2, 0.25) is 0 Å². The van der Waals surface area contributed by atoms with Gasteiger partial charge in [0.2, 0.25) is 0 Å². The number of carbonyl (C=O) groups is 1. The van der Waals surface area contributed by atoms with Crippen molar-refractivity contribution in [3.63, 3.8) is 0 Å². The normalized spacial score (nSPS) is 5.50. The number of hydrogen-bond acceptors (Lipinski definition) is 2. The smallest absolute Gasteiger partial charge is 0.0121 e. The molecule has 0 aliphatic heterocycles. The Morgan fingerprint density at radius 1 is 1.67 bits per heavy atom. The maximum Gasteiger partial charge on any atom is 0.0121 e. The molecule has 0 N–H and O–H groups in total. The van der Waals surface area contributed by atoms with Gasteiger partial charge in [0.25, 0.3) is 0 Å². The van der Waals surface area contributed by atoms with Crippen molar-refractivity contribution >= 4 is 12.1 Å². The second kappa shape index (κ2) is 4.86. The zero-order chi connectivity index (χ0) is 4.28. The van der Waals surface area contributed by atoms with Gasteiger partial charge in [0.05, 0.1) is 0 Å². The summed E-state index contributed by atoms with van der Waals surface area (Å²) in [5.41, 5.74) is 0. The fraction of sp³-hybridized carbons (Fsp3) is 0.333. The number of rotatable bonds is 1. The molecule has 6 heavy (non-hydrogen) atoms. The summed E-state index contributed by atoms with van der Waals surface area (Å²) in [6.45, 7) is 1.16. The molecule has 0 bridgehead atoms. The Bertz CT molecular complexity index is 59.8. The second-order valence-electron chi connectivity index (χ2n) is 0.658. The van der Waals surface area contributed by atoms with E-state index in [0.29, 0.717) is 0 Å². The Morgan fingerprint density at radius 2 is 1.83 bits per heavy atom. The zero-order valence-electron chi connectivity index (χ0n) is 3.19. The van der Waals surface area contributed by atoms with Gasteiger partial charge in [0.15, 0.2) is 0 Å². The Morgan fingerprint density at radius 3 is 1.83 bits per heavy atom. The van der Waals surface area contributed by atoms with Crippen molar-refractivity contribution in [2.75, 3.05) is 0 Å². The first-order chi connectivity index (χ1) is 2.27. The molecule has 0 aromatic rings. The molecule has 3 heteroatoms. The molecule has 0 aromatic carbocycles. The van der Waals surface area contributed by atoms with Crippen LogP contribution in [0.25, 0.3) is 0 Å². The van der Waals surface area contributed by atoms with Crippen LogP contribution in [0.5, 0.6) is 0 Å². The van der Waals surface area contributed by atoms with Crippen molar-refractivity contribution in [1.82, 2.24) is 0 Å².